The molecule has 1 aliphatic heterocycles. The van der Waals surface area contributed by atoms with Crippen LogP contribution in [0.15, 0.2) is 91.0 Å². The van der Waals surface area contributed by atoms with Crippen LogP contribution in [-0.4, -0.2) is 45.9 Å². The van der Waals surface area contributed by atoms with Crippen molar-refractivity contribution in [3.8, 4) is 11.1 Å². The Kier molecular flexibility index (Phi) is 9.42. The van der Waals surface area contributed by atoms with Crippen LogP contribution < -0.4 is 10.6 Å². The maximum atomic E-state index is 13.9. The molecule has 4 aromatic rings. The van der Waals surface area contributed by atoms with Crippen LogP contribution in [0, 0.1) is 6.92 Å². The van der Waals surface area contributed by atoms with Crippen molar-refractivity contribution in [3.05, 3.63) is 124 Å². The zero-order valence-electron chi connectivity index (χ0n) is 24.8. The minimum absolute atomic E-state index is 0.0982. The van der Waals surface area contributed by atoms with Gasteiger partial charge in [-0.05, 0) is 70.5 Å². The maximum absolute atomic E-state index is 13.9. The van der Waals surface area contributed by atoms with E-state index in [9.17, 15) is 14.4 Å². The van der Waals surface area contributed by atoms with Gasteiger partial charge in [0, 0.05) is 27.5 Å². The molecule has 230 valence electrons. The van der Waals surface area contributed by atoms with Gasteiger partial charge < -0.3 is 15.4 Å². The summed E-state index contributed by atoms with van der Waals surface area (Å²) in [6, 6.07) is 27.8. The number of benzene rings is 4. The van der Waals surface area contributed by atoms with Crippen LogP contribution in [0.4, 0.5) is 10.5 Å². The van der Waals surface area contributed by atoms with Crippen molar-refractivity contribution in [2.45, 2.75) is 44.3 Å². The third-order valence-corrected chi connectivity index (χ3v) is 9.62. The summed E-state index contributed by atoms with van der Waals surface area (Å²) in [5, 5.41) is 6.45. The monoisotopic (exact) mass is 733 g/mol. The van der Waals surface area contributed by atoms with Crippen LogP contribution in [0.1, 0.15) is 40.2 Å². The molecular weight excluding hydrogens is 701 g/mol. The number of alkyl halides is 1. The molecule has 0 unspecified atom stereocenters. The summed E-state index contributed by atoms with van der Waals surface area (Å²) < 4.78 is 6.64. The molecule has 1 heterocycles. The molecular formula is C36H33ClIN3O4. The number of halogens is 2. The number of nitrogens with one attached hydrogen (secondary N) is 2. The molecule has 7 nitrogen and oxygen atoms in total. The van der Waals surface area contributed by atoms with Crippen molar-refractivity contribution in [3.63, 3.8) is 0 Å². The zero-order valence-corrected chi connectivity index (χ0v) is 27.7. The van der Waals surface area contributed by atoms with E-state index in [0.29, 0.717) is 28.0 Å². The Morgan fingerprint density at radius 3 is 2.24 bits per heavy atom. The number of fused-ring (bicyclic) bond motifs is 4. The van der Waals surface area contributed by atoms with Gasteiger partial charge in [0.1, 0.15) is 18.7 Å². The van der Waals surface area contributed by atoms with Crippen molar-refractivity contribution in [2.75, 3.05) is 16.4 Å². The number of amides is 3. The first-order valence-corrected chi connectivity index (χ1v) is 16.9. The average molecular weight is 734 g/mol. The van der Waals surface area contributed by atoms with Gasteiger partial charge in [-0.15, -0.1) is 0 Å². The van der Waals surface area contributed by atoms with Crippen LogP contribution in [0.25, 0.3) is 11.1 Å². The van der Waals surface area contributed by atoms with E-state index in [1.807, 2.05) is 55.5 Å². The highest BCUT2D eigenvalue weighted by molar-refractivity contribution is 14.1. The normalized spacial score (nSPS) is 15.8. The zero-order chi connectivity index (χ0) is 31.5. The molecule has 0 aromatic heterocycles. The second kappa shape index (κ2) is 13.6. The number of hydrogen-bond acceptors (Lipinski definition) is 4. The van der Waals surface area contributed by atoms with E-state index in [1.54, 1.807) is 18.2 Å². The summed E-state index contributed by atoms with van der Waals surface area (Å²) in [5.41, 5.74) is 7.92. The summed E-state index contributed by atoms with van der Waals surface area (Å²) in [5.74, 6) is -0.820. The van der Waals surface area contributed by atoms with Gasteiger partial charge in [-0.3, -0.25) is 14.5 Å². The molecule has 2 atom stereocenters. The highest BCUT2D eigenvalue weighted by atomic mass is 127. The van der Waals surface area contributed by atoms with E-state index < -0.39 is 24.1 Å². The number of aryl methyl sites for hydroxylation is 1. The van der Waals surface area contributed by atoms with Gasteiger partial charge in [0.05, 0.1) is 6.54 Å². The van der Waals surface area contributed by atoms with Crippen molar-refractivity contribution < 1.29 is 19.1 Å². The van der Waals surface area contributed by atoms with E-state index in [1.165, 1.54) is 4.90 Å². The number of carbonyl (C=O) groups excluding carboxylic acids is 3. The summed E-state index contributed by atoms with van der Waals surface area (Å²) in [6.07, 6.45) is 0.193. The van der Waals surface area contributed by atoms with Crippen LogP contribution in [0.5, 0.6) is 0 Å². The Labute approximate surface area is 281 Å². The summed E-state index contributed by atoms with van der Waals surface area (Å²) in [6.45, 7) is 2.25. The third-order valence-electron chi connectivity index (χ3n) is 8.58. The molecule has 1 aliphatic carbocycles. The Morgan fingerprint density at radius 1 is 0.933 bits per heavy atom. The van der Waals surface area contributed by atoms with E-state index in [4.69, 9.17) is 16.3 Å². The number of nitrogens with zero attached hydrogens (tertiary/aromatic N) is 1. The smallest absolute Gasteiger partial charge is 0.410 e. The van der Waals surface area contributed by atoms with Gasteiger partial charge in [-0.1, -0.05) is 107 Å². The summed E-state index contributed by atoms with van der Waals surface area (Å²) in [7, 11) is 0. The first-order valence-electron chi connectivity index (χ1n) is 15.0. The quantitative estimate of drug-likeness (QED) is 0.147. The number of rotatable bonds is 8. The molecule has 2 aliphatic rings. The Hall–Kier alpha value is -3.89. The van der Waals surface area contributed by atoms with Gasteiger partial charge >= 0.3 is 6.09 Å². The molecule has 3 amide bonds. The highest BCUT2D eigenvalue weighted by Gasteiger charge is 2.38. The molecule has 45 heavy (non-hydrogen) atoms. The molecule has 0 saturated heterocycles. The second-order valence-corrected chi connectivity index (χ2v) is 12.9. The number of anilines is 1. The molecule has 4 aromatic carbocycles. The number of hydrogen-bond donors (Lipinski definition) is 2. The summed E-state index contributed by atoms with van der Waals surface area (Å²) >= 11 is 8.34. The molecule has 0 fully saturated rings. The van der Waals surface area contributed by atoms with Crippen LogP contribution >= 0.6 is 34.2 Å². The number of carbonyl (C=O) groups is 3. The molecule has 0 radical (unpaired) electrons. The lowest BCUT2D eigenvalue weighted by atomic mass is 9.93. The Balaban J connectivity index is 1.20. The fourth-order valence-corrected chi connectivity index (χ4v) is 6.96. The van der Waals surface area contributed by atoms with Crippen LogP contribution in [-0.2, 0) is 27.3 Å². The summed E-state index contributed by atoms with van der Waals surface area (Å²) in [4.78, 5) is 42.5. The van der Waals surface area contributed by atoms with Crippen LogP contribution in [0.3, 0.4) is 0 Å². The van der Waals surface area contributed by atoms with Crippen molar-refractivity contribution >= 4 is 57.8 Å². The Bertz CT molecular complexity index is 1720. The fraction of sp³-hybridized carbons (Fsp3) is 0.250. The first-order chi connectivity index (χ1) is 21.8. The lowest BCUT2D eigenvalue weighted by molar-refractivity contribution is -0.130. The van der Waals surface area contributed by atoms with Crippen molar-refractivity contribution in [2.24, 2.45) is 0 Å². The maximum Gasteiger partial charge on any atom is 0.410 e. The van der Waals surface area contributed by atoms with Crippen molar-refractivity contribution in [1.29, 1.82) is 0 Å². The molecule has 6 rings (SSSR count). The van der Waals surface area contributed by atoms with Gasteiger partial charge in [0.2, 0.25) is 11.8 Å². The average Bonchev–Trinajstić information content (AvgIpc) is 3.38. The topological polar surface area (TPSA) is 87.7 Å². The lowest BCUT2D eigenvalue weighted by Gasteiger charge is -2.36. The standard InChI is InChI=1S/C36H33ClIN3O4/c1-22-18-25(14-15-31(22)37)39-34(42)32(16-17-38)40-35(43)33-19-23-8-2-3-9-24(23)20-41(33)36(44)45-21-30-28-12-6-4-10-26(28)27-11-5-7-13-29(27)30/h2-15,18,30,32-33H,16-17,19-21H2,1H3,(H,39,42)(H,40,43)/t32-,33-/m0/s1. The Morgan fingerprint density at radius 2 is 1.58 bits per heavy atom. The predicted octanol–water partition coefficient (Wildman–Crippen LogP) is 7.27. The van der Waals surface area contributed by atoms with Gasteiger partial charge in [-0.25, -0.2) is 4.79 Å². The van der Waals surface area contributed by atoms with Crippen LogP contribution in [0.2, 0.25) is 5.02 Å². The molecule has 0 spiro atoms. The molecule has 0 bridgehead atoms. The van der Waals surface area contributed by atoms with Gasteiger partial charge in [0.25, 0.3) is 0 Å². The predicted molar refractivity (Wildman–Crippen MR) is 185 cm³/mol. The third kappa shape index (κ3) is 6.58. The van der Waals surface area contributed by atoms with E-state index in [0.717, 1.165) is 38.9 Å². The van der Waals surface area contributed by atoms with Crippen molar-refractivity contribution in [1.82, 2.24) is 10.2 Å². The van der Waals surface area contributed by atoms with E-state index >= 15 is 0 Å². The second-order valence-electron chi connectivity index (χ2n) is 11.4. The van der Waals surface area contributed by atoms with E-state index in [2.05, 4.69) is 57.5 Å². The highest BCUT2D eigenvalue weighted by Crippen LogP contribution is 2.44. The molecule has 2 N–H and O–H groups in total. The number of ether oxygens (including phenoxy) is 1. The fourth-order valence-electron chi connectivity index (χ4n) is 6.22. The minimum Gasteiger partial charge on any atom is -0.448 e. The SMILES string of the molecule is Cc1cc(NC(=O)[C@H](CCI)NC(=O)[C@@H]2Cc3ccccc3CN2C(=O)OCC2c3ccccc3-c3ccccc32)ccc1Cl. The minimum atomic E-state index is -0.835. The lowest BCUT2D eigenvalue weighted by Crippen LogP contribution is -2.56. The largest absolute Gasteiger partial charge is 0.448 e. The van der Waals surface area contributed by atoms with Gasteiger partial charge in [-0.2, -0.15) is 0 Å². The van der Waals surface area contributed by atoms with Gasteiger partial charge in [0.15, 0.2) is 0 Å². The first kappa shape index (κ1) is 31.1. The molecule has 9 heteroatoms. The van der Waals surface area contributed by atoms with E-state index in [-0.39, 0.29) is 25.0 Å². The molecule has 0 saturated carbocycles.